The van der Waals surface area contributed by atoms with Crippen molar-refractivity contribution < 1.29 is 14.0 Å². The van der Waals surface area contributed by atoms with Crippen molar-refractivity contribution in [2.45, 2.75) is 19.0 Å². The van der Waals surface area contributed by atoms with Crippen LogP contribution in [0.15, 0.2) is 84.9 Å². The summed E-state index contributed by atoms with van der Waals surface area (Å²) in [6, 6.07) is 24.0. The third-order valence-electron chi connectivity index (χ3n) is 4.37. The normalized spacial score (nSPS) is 11.5. The van der Waals surface area contributed by atoms with Gasteiger partial charge < -0.3 is 10.6 Å². The molecule has 0 aliphatic rings. The molecule has 0 spiro atoms. The number of rotatable bonds is 7. The SMILES string of the molecule is O=C(C[C@H](NC(=O)c1ccccc1)c1ccccc1)NCc1ccccc1F. The molecular formula is C23H21FN2O2. The Labute approximate surface area is 163 Å². The second-order valence-corrected chi connectivity index (χ2v) is 6.38. The highest BCUT2D eigenvalue weighted by atomic mass is 19.1. The van der Waals surface area contributed by atoms with E-state index in [1.807, 2.05) is 36.4 Å². The minimum atomic E-state index is -0.491. The summed E-state index contributed by atoms with van der Waals surface area (Å²) in [5.74, 6) is -0.887. The molecule has 0 heterocycles. The lowest BCUT2D eigenvalue weighted by atomic mass is 10.0. The van der Waals surface area contributed by atoms with Crippen LogP contribution < -0.4 is 10.6 Å². The number of benzene rings is 3. The minimum Gasteiger partial charge on any atom is -0.352 e. The Morgan fingerprint density at radius 1 is 0.821 bits per heavy atom. The largest absolute Gasteiger partial charge is 0.352 e. The van der Waals surface area contributed by atoms with Crippen LogP contribution in [-0.4, -0.2) is 11.8 Å². The number of amides is 2. The van der Waals surface area contributed by atoms with Crippen LogP contribution >= 0.6 is 0 Å². The van der Waals surface area contributed by atoms with E-state index >= 15 is 0 Å². The summed E-state index contributed by atoms with van der Waals surface area (Å²) in [5.41, 5.74) is 1.77. The Bertz CT molecular complexity index is 930. The van der Waals surface area contributed by atoms with Gasteiger partial charge in [0.25, 0.3) is 5.91 Å². The van der Waals surface area contributed by atoms with E-state index in [2.05, 4.69) is 10.6 Å². The van der Waals surface area contributed by atoms with Crippen LogP contribution in [-0.2, 0) is 11.3 Å². The van der Waals surface area contributed by atoms with E-state index in [-0.39, 0.29) is 30.6 Å². The molecule has 0 saturated heterocycles. The van der Waals surface area contributed by atoms with Gasteiger partial charge >= 0.3 is 0 Å². The molecule has 0 radical (unpaired) electrons. The zero-order chi connectivity index (χ0) is 19.8. The van der Waals surface area contributed by atoms with E-state index in [1.165, 1.54) is 6.07 Å². The predicted octanol–water partition coefficient (Wildman–Crippen LogP) is 4.00. The first-order chi connectivity index (χ1) is 13.6. The molecule has 2 N–H and O–H groups in total. The first-order valence-electron chi connectivity index (χ1n) is 9.04. The zero-order valence-electron chi connectivity index (χ0n) is 15.3. The van der Waals surface area contributed by atoms with Crippen LogP contribution in [0.1, 0.15) is 33.9 Å². The van der Waals surface area contributed by atoms with Gasteiger partial charge in [0.1, 0.15) is 5.82 Å². The van der Waals surface area contributed by atoms with Crippen molar-refractivity contribution in [1.82, 2.24) is 10.6 Å². The molecule has 5 heteroatoms. The van der Waals surface area contributed by atoms with E-state index in [4.69, 9.17) is 0 Å². The zero-order valence-corrected chi connectivity index (χ0v) is 15.3. The molecule has 142 valence electrons. The van der Waals surface area contributed by atoms with E-state index < -0.39 is 6.04 Å². The molecule has 4 nitrogen and oxygen atoms in total. The second kappa shape index (κ2) is 9.46. The predicted molar refractivity (Wildman–Crippen MR) is 106 cm³/mol. The molecule has 28 heavy (non-hydrogen) atoms. The maximum atomic E-state index is 13.7. The van der Waals surface area contributed by atoms with Gasteiger partial charge in [0, 0.05) is 17.7 Å². The van der Waals surface area contributed by atoms with Crippen LogP contribution in [0.2, 0.25) is 0 Å². The lowest BCUT2D eigenvalue weighted by Gasteiger charge is -2.19. The number of hydrogen-bond donors (Lipinski definition) is 2. The number of carbonyl (C=O) groups is 2. The third-order valence-corrected chi connectivity index (χ3v) is 4.37. The summed E-state index contributed by atoms with van der Waals surface area (Å²) in [7, 11) is 0. The lowest BCUT2D eigenvalue weighted by Crippen LogP contribution is -2.33. The fourth-order valence-electron chi connectivity index (χ4n) is 2.86. The Morgan fingerprint density at radius 2 is 1.43 bits per heavy atom. The van der Waals surface area contributed by atoms with E-state index in [9.17, 15) is 14.0 Å². The van der Waals surface area contributed by atoms with Gasteiger partial charge in [0.15, 0.2) is 0 Å². The molecular weight excluding hydrogens is 355 g/mol. The summed E-state index contributed by atoms with van der Waals surface area (Å²) in [5, 5.41) is 5.64. The quantitative estimate of drug-likeness (QED) is 0.655. The monoisotopic (exact) mass is 376 g/mol. The highest BCUT2D eigenvalue weighted by Crippen LogP contribution is 2.18. The number of nitrogens with one attached hydrogen (secondary N) is 2. The van der Waals surface area contributed by atoms with Crippen molar-refractivity contribution in [3.8, 4) is 0 Å². The van der Waals surface area contributed by atoms with Gasteiger partial charge in [-0.15, -0.1) is 0 Å². The highest BCUT2D eigenvalue weighted by molar-refractivity contribution is 5.94. The summed E-state index contributed by atoms with van der Waals surface area (Å²) >= 11 is 0. The number of halogens is 1. The molecule has 0 unspecified atom stereocenters. The number of carbonyl (C=O) groups excluding carboxylic acids is 2. The van der Waals surface area contributed by atoms with Crippen molar-refractivity contribution in [2.24, 2.45) is 0 Å². The molecule has 3 aromatic carbocycles. The standard InChI is InChI=1S/C23H21FN2O2/c24-20-14-8-7-13-19(20)16-25-22(27)15-21(17-9-3-1-4-10-17)26-23(28)18-11-5-2-6-12-18/h1-14,21H,15-16H2,(H,25,27)(H,26,28)/t21-/m0/s1. The van der Waals surface area contributed by atoms with Crippen molar-refractivity contribution >= 4 is 11.8 Å². The molecule has 0 aliphatic heterocycles. The van der Waals surface area contributed by atoms with Crippen LogP contribution in [0.4, 0.5) is 4.39 Å². The fraction of sp³-hybridized carbons (Fsp3) is 0.130. The van der Waals surface area contributed by atoms with Crippen LogP contribution in [0.5, 0.6) is 0 Å². The average molecular weight is 376 g/mol. The summed E-state index contributed by atoms with van der Waals surface area (Å²) in [4.78, 5) is 25.0. The lowest BCUT2D eigenvalue weighted by molar-refractivity contribution is -0.121. The smallest absolute Gasteiger partial charge is 0.251 e. The summed E-state index contributed by atoms with van der Waals surface area (Å²) < 4.78 is 13.7. The van der Waals surface area contributed by atoms with Gasteiger partial charge in [0.2, 0.25) is 5.91 Å². The van der Waals surface area contributed by atoms with Crippen molar-refractivity contribution in [3.05, 3.63) is 107 Å². The molecule has 0 aliphatic carbocycles. The Kier molecular flexibility index (Phi) is 6.52. The van der Waals surface area contributed by atoms with Gasteiger partial charge in [-0.1, -0.05) is 66.7 Å². The van der Waals surface area contributed by atoms with Gasteiger partial charge in [-0.05, 0) is 23.8 Å². The van der Waals surface area contributed by atoms with E-state index in [0.29, 0.717) is 11.1 Å². The van der Waals surface area contributed by atoms with Gasteiger partial charge in [-0.3, -0.25) is 9.59 Å². The summed E-state index contributed by atoms with van der Waals surface area (Å²) in [6.07, 6.45) is 0.0526. The first-order valence-corrected chi connectivity index (χ1v) is 9.04. The molecule has 2 amide bonds. The first kappa shape index (κ1) is 19.3. The van der Waals surface area contributed by atoms with Crippen LogP contribution in [0.3, 0.4) is 0 Å². The molecule has 1 atom stereocenters. The van der Waals surface area contributed by atoms with Crippen LogP contribution in [0, 0.1) is 5.82 Å². The molecule has 0 bridgehead atoms. The van der Waals surface area contributed by atoms with Crippen molar-refractivity contribution in [1.29, 1.82) is 0 Å². The third kappa shape index (κ3) is 5.27. The maximum absolute atomic E-state index is 13.7. The molecule has 3 rings (SSSR count). The molecule has 0 fully saturated rings. The highest BCUT2D eigenvalue weighted by Gasteiger charge is 2.19. The van der Waals surface area contributed by atoms with Gasteiger partial charge in [-0.25, -0.2) is 4.39 Å². The Morgan fingerprint density at radius 3 is 2.11 bits per heavy atom. The molecule has 0 saturated carbocycles. The van der Waals surface area contributed by atoms with E-state index in [0.717, 1.165) is 5.56 Å². The minimum absolute atomic E-state index is 0.0526. The van der Waals surface area contributed by atoms with Crippen molar-refractivity contribution in [2.75, 3.05) is 0 Å². The Hall–Kier alpha value is -3.47. The Balaban J connectivity index is 1.68. The van der Waals surface area contributed by atoms with Gasteiger partial charge in [-0.2, -0.15) is 0 Å². The average Bonchev–Trinajstić information content (AvgIpc) is 2.74. The fourth-order valence-corrected chi connectivity index (χ4v) is 2.86. The topological polar surface area (TPSA) is 58.2 Å². The number of hydrogen-bond acceptors (Lipinski definition) is 2. The van der Waals surface area contributed by atoms with Gasteiger partial charge in [0.05, 0.1) is 12.5 Å². The van der Waals surface area contributed by atoms with Crippen LogP contribution in [0.25, 0.3) is 0 Å². The summed E-state index contributed by atoms with van der Waals surface area (Å²) in [6.45, 7) is 0.0969. The molecule has 0 aromatic heterocycles. The second-order valence-electron chi connectivity index (χ2n) is 6.38. The maximum Gasteiger partial charge on any atom is 0.251 e. The molecule has 3 aromatic rings. The van der Waals surface area contributed by atoms with Crippen molar-refractivity contribution in [3.63, 3.8) is 0 Å². The van der Waals surface area contributed by atoms with E-state index in [1.54, 1.807) is 42.5 Å².